The fraction of sp³-hybridized carbons (Fsp3) is 0.778. The van der Waals surface area contributed by atoms with Crippen LogP contribution in [0, 0.1) is 5.92 Å². The van der Waals surface area contributed by atoms with E-state index in [1.165, 1.54) is 0 Å². The molecule has 1 fully saturated rings. The van der Waals surface area contributed by atoms with E-state index in [-0.39, 0.29) is 12.0 Å². The third-order valence-corrected chi connectivity index (χ3v) is 4.38. The predicted molar refractivity (Wildman–Crippen MR) is 54.2 cm³/mol. The minimum atomic E-state index is -2.75. The molecule has 0 aromatic rings. The molecule has 0 radical (unpaired) electrons. The van der Waals surface area contributed by atoms with E-state index in [0.29, 0.717) is 11.5 Å². The van der Waals surface area contributed by atoms with E-state index in [2.05, 4.69) is 6.58 Å². The zero-order chi connectivity index (χ0) is 10.1. The van der Waals surface area contributed by atoms with Gasteiger partial charge in [0.2, 0.25) is 0 Å². The van der Waals surface area contributed by atoms with Crippen LogP contribution in [-0.2, 0) is 9.84 Å². The molecule has 76 valence electrons. The lowest BCUT2D eigenvalue weighted by Crippen LogP contribution is -2.24. The van der Waals surface area contributed by atoms with Gasteiger partial charge in [-0.25, -0.2) is 8.42 Å². The summed E-state index contributed by atoms with van der Waals surface area (Å²) < 4.78 is 22.3. The minimum absolute atomic E-state index is 0.0432. The zero-order valence-electron chi connectivity index (χ0n) is 7.99. The van der Waals surface area contributed by atoms with Gasteiger partial charge in [0.25, 0.3) is 0 Å². The highest BCUT2D eigenvalue weighted by Crippen LogP contribution is 2.23. The molecule has 0 bridgehead atoms. The molecule has 2 atom stereocenters. The summed E-state index contributed by atoms with van der Waals surface area (Å²) in [5.74, 6) is 0.894. The quantitative estimate of drug-likeness (QED) is 0.687. The number of hydrogen-bond donors (Lipinski definition) is 1. The van der Waals surface area contributed by atoms with E-state index in [1.807, 2.05) is 6.92 Å². The Morgan fingerprint density at radius 3 is 2.69 bits per heavy atom. The van der Waals surface area contributed by atoms with Gasteiger partial charge in [-0.15, -0.1) is 0 Å². The smallest absolute Gasteiger partial charge is 0.150 e. The lowest BCUT2D eigenvalue weighted by molar-refractivity contribution is 0.501. The average Bonchev–Trinajstić information content (AvgIpc) is 2.30. The fourth-order valence-electron chi connectivity index (χ4n) is 1.62. The van der Waals surface area contributed by atoms with Crippen LogP contribution in [0.15, 0.2) is 12.2 Å². The van der Waals surface area contributed by atoms with E-state index in [4.69, 9.17) is 5.73 Å². The molecule has 2 unspecified atom stereocenters. The maximum absolute atomic E-state index is 11.1. The predicted octanol–water partition coefficient (Wildman–Crippen LogP) is 0.715. The molecule has 0 amide bonds. The van der Waals surface area contributed by atoms with Crippen LogP contribution in [0.4, 0.5) is 0 Å². The topological polar surface area (TPSA) is 60.2 Å². The van der Waals surface area contributed by atoms with Crippen molar-refractivity contribution in [3.63, 3.8) is 0 Å². The van der Waals surface area contributed by atoms with Crippen molar-refractivity contribution in [2.45, 2.75) is 25.8 Å². The second-order valence-corrected chi connectivity index (χ2v) is 6.19. The Hall–Kier alpha value is -0.350. The Labute approximate surface area is 79.9 Å². The average molecular weight is 203 g/mol. The number of nitrogens with two attached hydrogens (primary N) is 1. The van der Waals surface area contributed by atoms with E-state index in [0.717, 1.165) is 18.4 Å². The summed E-state index contributed by atoms with van der Waals surface area (Å²) in [6, 6.07) is -0.0432. The third-order valence-electron chi connectivity index (χ3n) is 2.55. The summed E-state index contributed by atoms with van der Waals surface area (Å²) in [4.78, 5) is 0. The highest BCUT2D eigenvalue weighted by Gasteiger charge is 2.28. The normalized spacial score (nSPS) is 28.6. The summed E-state index contributed by atoms with van der Waals surface area (Å²) in [6.07, 6.45) is 1.53. The minimum Gasteiger partial charge on any atom is -0.324 e. The van der Waals surface area contributed by atoms with Gasteiger partial charge in [-0.05, 0) is 25.7 Å². The van der Waals surface area contributed by atoms with Crippen LogP contribution >= 0.6 is 0 Å². The first kappa shape index (κ1) is 10.7. The summed E-state index contributed by atoms with van der Waals surface area (Å²) in [7, 11) is -2.75. The lowest BCUT2D eigenvalue weighted by atomic mass is 9.96. The molecule has 0 aromatic carbocycles. The monoisotopic (exact) mass is 203 g/mol. The zero-order valence-corrected chi connectivity index (χ0v) is 8.81. The summed E-state index contributed by atoms with van der Waals surface area (Å²) in [6.45, 7) is 5.64. The highest BCUT2D eigenvalue weighted by atomic mass is 32.2. The van der Waals surface area contributed by atoms with Gasteiger partial charge >= 0.3 is 0 Å². The third kappa shape index (κ3) is 3.12. The van der Waals surface area contributed by atoms with Gasteiger partial charge in [-0.1, -0.05) is 12.2 Å². The molecular weight excluding hydrogens is 186 g/mol. The van der Waals surface area contributed by atoms with Crippen molar-refractivity contribution in [1.29, 1.82) is 0 Å². The van der Waals surface area contributed by atoms with Crippen LogP contribution in [0.25, 0.3) is 0 Å². The van der Waals surface area contributed by atoms with E-state index in [9.17, 15) is 8.42 Å². The first-order chi connectivity index (χ1) is 5.91. The Balaban J connectivity index is 2.45. The molecule has 3 nitrogen and oxygen atoms in total. The van der Waals surface area contributed by atoms with Crippen molar-refractivity contribution in [2.24, 2.45) is 11.7 Å². The Morgan fingerprint density at radius 1 is 1.69 bits per heavy atom. The van der Waals surface area contributed by atoms with E-state index < -0.39 is 9.84 Å². The van der Waals surface area contributed by atoms with Crippen molar-refractivity contribution in [2.75, 3.05) is 11.5 Å². The van der Waals surface area contributed by atoms with Crippen molar-refractivity contribution in [3.05, 3.63) is 12.2 Å². The van der Waals surface area contributed by atoms with Crippen LogP contribution in [0.2, 0.25) is 0 Å². The lowest BCUT2D eigenvalue weighted by Gasteiger charge is -2.14. The second kappa shape index (κ2) is 3.80. The first-order valence-electron chi connectivity index (χ1n) is 4.52. The molecule has 0 spiro atoms. The number of hydrogen-bond acceptors (Lipinski definition) is 3. The SMILES string of the molecule is C=C(C)C(N)CC1CCS(=O)(=O)C1. The van der Waals surface area contributed by atoms with Crippen molar-refractivity contribution < 1.29 is 8.42 Å². The molecule has 1 aliphatic rings. The highest BCUT2D eigenvalue weighted by molar-refractivity contribution is 7.91. The van der Waals surface area contributed by atoms with Crippen LogP contribution < -0.4 is 5.73 Å². The van der Waals surface area contributed by atoms with Gasteiger partial charge in [0, 0.05) is 6.04 Å². The molecular formula is C9H17NO2S. The molecule has 2 N–H and O–H groups in total. The van der Waals surface area contributed by atoms with Crippen molar-refractivity contribution >= 4 is 9.84 Å². The Kier molecular flexibility index (Phi) is 3.14. The van der Waals surface area contributed by atoms with Crippen molar-refractivity contribution in [3.8, 4) is 0 Å². The van der Waals surface area contributed by atoms with Gasteiger partial charge in [-0.3, -0.25) is 0 Å². The molecule has 4 heteroatoms. The molecule has 1 saturated heterocycles. The largest absolute Gasteiger partial charge is 0.324 e. The van der Waals surface area contributed by atoms with E-state index >= 15 is 0 Å². The van der Waals surface area contributed by atoms with E-state index in [1.54, 1.807) is 0 Å². The van der Waals surface area contributed by atoms with Crippen LogP contribution in [-0.4, -0.2) is 26.0 Å². The fourth-order valence-corrected chi connectivity index (χ4v) is 3.50. The summed E-state index contributed by atoms with van der Waals surface area (Å²) in [5, 5.41) is 0. The molecule has 1 aliphatic heterocycles. The molecule has 0 aromatic heterocycles. The van der Waals surface area contributed by atoms with Gasteiger partial charge in [0.15, 0.2) is 9.84 Å². The number of rotatable bonds is 3. The maximum Gasteiger partial charge on any atom is 0.150 e. The van der Waals surface area contributed by atoms with Gasteiger partial charge in [0.05, 0.1) is 11.5 Å². The molecule has 1 heterocycles. The molecule has 0 saturated carbocycles. The maximum atomic E-state index is 11.1. The van der Waals surface area contributed by atoms with Gasteiger partial charge in [0.1, 0.15) is 0 Å². The first-order valence-corrected chi connectivity index (χ1v) is 6.34. The molecule has 0 aliphatic carbocycles. The molecule has 13 heavy (non-hydrogen) atoms. The Bertz CT molecular complexity index is 295. The number of sulfone groups is 1. The van der Waals surface area contributed by atoms with Gasteiger partial charge in [-0.2, -0.15) is 0 Å². The standard InChI is InChI=1S/C9H17NO2S/c1-7(2)9(10)5-8-3-4-13(11,12)6-8/h8-9H,1,3-6,10H2,2H3. The second-order valence-electron chi connectivity index (χ2n) is 3.96. The summed E-state index contributed by atoms with van der Waals surface area (Å²) in [5.41, 5.74) is 6.73. The van der Waals surface area contributed by atoms with Crippen LogP contribution in [0.3, 0.4) is 0 Å². The van der Waals surface area contributed by atoms with Crippen LogP contribution in [0.5, 0.6) is 0 Å². The molecule has 1 rings (SSSR count). The van der Waals surface area contributed by atoms with Gasteiger partial charge < -0.3 is 5.73 Å². The Morgan fingerprint density at radius 2 is 2.31 bits per heavy atom. The van der Waals surface area contributed by atoms with Crippen molar-refractivity contribution in [1.82, 2.24) is 0 Å². The van der Waals surface area contributed by atoms with Crippen LogP contribution in [0.1, 0.15) is 19.8 Å². The summed E-state index contributed by atoms with van der Waals surface area (Å²) >= 11 is 0.